The van der Waals surface area contributed by atoms with Crippen LogP contribution in [0.3, 0.4) is 0 Å². The highest BCUT2D eigenvalue weighted by Crippen LogP contribution is 2.24. The van der Waals surface area contributed by atoms with Gasteiger partial charge in [0.05, 0.1) is 26.5 Å². The van der Waals surface area contributed by atoms with Crippen LogP contribution < -0.4 is 20.3 Å². The summed E-state index contributed by atoms with van der Waals surface area (Å²) < 4.78 is 10.5. The molecule has 0 radical (unpaired) electrons. The molecule has 2 aromatic carbocycles. The molecule has 2 N–H and O–H groups in total. The lowest BCUT2D eigenvalue weighted by molar-refractivity contribution is -0.134. The molecule has 0 unspecified atom stereocenters. The third-order valence-corrected chi connectivity index (χ3v) is 5.86. The van der Waals surface area contributed by atoms with E-state index in [9.17, 15) is 14.4 Å². The maximum atomic E-state index is 12.9. The molecule has 0 atom stereocenters. The van der Waals surface area contributed by atoms with Crippen LogP contribution in [0.1, 0.15) is 47.3 Å². The minimum absolute atomic E-state index is 0.151. The van der Waals surface area contributed by atoms with Gasteiger partial charge in [-0.15, -0.1) is 0 Å². The number of ether oxygens (including phenoxy) is 2. The average molecular weight is 535 g/mol. The van der Waals surface area contributed by atoms with Gasteiger partial charge in [-0.1, -0.05) is 30.7 Å². The van der Waals surface area contributed by atoms with Gasteiger partial charge in [0.15, 0.2) is 0 Å². The molecule has 1 aromatic heterocycles. The van der Waals surface area contributed by atoms with Crippen molar-refractivity contribution in [2.24, 2.45) is 0 Å². The number of pyridine rings is 1. The molecule has 39 heavy (non-hydrogen) atoms. The summed E-state index contributed by atoms with van der Waals surface area (Å²) in [7, 11) is 3.13. The number of aromatic nitrogens is 1. The molecule has 0 bridgehead atoms. The number of unbranched alkanes of at least 4 members (excludes halogenated alkanes) is 2. The Morgan fingerprint density at radius 1 is 0.897 bits per heavy atom. The van der Waals surface area contributed by atoms with Crippen molar-refractivity contribution in [1.82, 2.24) is 20.7 Å². The van der Waals surface area contributed by atoms with Crippen LogP contribution in [-0.2, 0) is 22.8 Å². The molecule has 0 saturated heterocycles. The molecule has 0 aliphatic carbocycles. The molecule has 0 aliphatic rings. The molecule has 0 aliphatic heterocycles. The number of carbonyl (C=O) groups excluding carboxylic acids is 3. The number of nitrogens with one attached hydrogen (secondary N) is 2. The second-order valence-corrected chi connectivity index (χ2v) is 8.67. The lowest BCUT2D eigenvalue weighted by atomic mass is 10.2. The highest BCUT2D eigenvalue weighted by atomic mass is 16.7. The predicted octanol–water partition coefficient (Wildman–Crippen LogP) is 4.26. The Morgan fingerprint density at radius 3 is 2.41 bits per heavy atom. The van der Waals surface area contributed by atoms with Gasteiger partial charge >= 0.3 is 6.03 Å². The Morgan fingerprint density at radius 2 is 1.69 bits per heavy atom. The maximum Gasteiger partial charge on any atom is 0.324 e. The zero-order valence-electron chi connectivity index (χ0n) is 22.2. The minimum atomic E-state index is -0.491. The Hall–Kier alpha value is -4.44. The quantitative estimate of drug-likeness (QED) is 0.234. The van der Waals surface area contributed by atoms with E-state index < -0.39 is 11.9 Å². The molecule has 0 fully saturated rings. The van der Waals surface area contributed by atoms with Gasteiger partial charge in [-0.05, 0) is 49.2 Å². The average Bonchev–Trinajstić information content (AvgIpc) is 2.97. The summed E-state index contributed by atoms with van der Waals surface area (Å²) in [6, 6.07) is 18.9. The van der Waals surface area contributed by atoms with Crippen molar-refractivity contribution < 1.29 is 28.7 Å². The van der Waals surface area contributed by atoms with Crippen molar-refractivity contribution in [2.45, 2.75) is 38.8 Å². The Labute approximate surface area is 228 Å². The molecule has 10 heteroatoms. The smallest absolute Gasteiger partial charge is 0.324 e. The lowest BCUT2D eigenvalue weighted by Gasteiger charge is -2.22. The first-order valence-electron chi connectivity index (χ1n) is 12.7. The molecule has 0 spiro atoms. The highest BCUT2D eigenvalue weighted by Gasteiger charge is 2.18. The number of imide groups is 1. The first-order valence-corrected chi connectivity index (χ1v) is 12.7. The number of benzene rings is 2. The molecular weight excluding hydrogens is 500 g/mol. The van der Waals surface area contributed by atoms with Gasteiger partial charge in [-0.25, -0.2) is 10.3 Å². The van der Waals surface area contributed by atoms with Gasteiger partial charge < -0.3 is 14.4 Å². The highest BCUT2D eigenvalue weighted by molar-refractivity contribution is 6.04. The minimum Gasteiger partial charge on any atom is -0.497 e. The Bertz CT molecular complexity index is 1210. The van der Waals surface area contributed by atoms with Crippen LogP contribution in [0.2, 0.25) is 0 Å². The van der Waals surface area contributed by atoms with Crippen LogP contribution in [-0.4, -0.2) is 48.5 Å². The molecule has 10 nitrogen and oxygen atoms in total. The van der Waals surface area contributed by atoms with Crippen molar-refractivity contribution in [3.8, 4) is 11.5 Å². The normalized spacial score (nSPS) is 10.4. The summed E-state index contributed by atoms with van der Waals surface area (Å²) in [4.78, 5) is 48.7. The number of urea groups is 1. The fourth-order valence-electron chi connectivity index (χ4n) is 3.76. The van der Waals surface area contributed by atoms with Gasteiger partial charge in [0.1, 0.15) is 18.1 Å². The number of nitrogens with zero attached hydrogens (tertiary/aromatic N) is 2. The molecule has 4 amide bonds. The second-order valence-electron chi connectivity index (χ2n) is 8.67. The van der Waals surface area contributed by atoms with E-state index in [-0.39, 0.29) is 25.5 Å². The van der Waals surface area contributed by atoms with Crippen molar-refractivity contribution >= 4 is 17.8 Å². The molecule has 0 saturated carbocycles. The van der Waals surface area contributed by atoms with Crippen molar-refractivity contribution in [3.63, 3.8) is 0 Å². The Kier molecular flexibility index (Phi) is 11.7. The van der Waals surface area contributed by atoms with E-state index in [2.05, 4.69) is 15.8 Å². The summed E-state index contributed by atoms with van der Waals surface area (Å²) in [5.74, 6) is 0.571. The van der Waals surface area contributed by atoms with Crippen molar-refractivity contribution in [3.05, 3.63) is 89.7 Å². The summed E-state index contributed by atoms with van der Waals surface area (Å²) in [6.45, 7) is 0.815. The molecule has 1 heterocycles. The van der Waals surface area contributed by atoms with Crippen LogP contribution in [0.25, 0.3) is 0 Å². The monoisotopic (exact) mass is 534 g/mol. The molecule has 3 rings (SSSR count). The zero-order chi connectivity index (χ0) is 27.9. The fourth-order valence-corrected chi connectivity index (χ4v) is 3.76. The van der Waals surface area contributed by atoms with E-state index in [1.54, 1.807) is 73.8 Å². The number of carbonyl (C=O) groups is 3. The number of amides is 4. The molecular formula is C29H34N4O6. The van der Waals surface area contributed by atoms with Gasteiger partial charge in [0.25, 0.3) is 5.91 Å². The van der Waals surface area contributed by atoms with E-state index in [0.717, 1.165) is 5.56 Å². The standard InChI is InChI=1S/C29H34N4O6/c1-37-25-16-15-23(26(19-25)38-2)21-39-32-27(34)14-7-4-10-18-33(20-24-13-8-9-17-30-24)29(36)31-28(35)22-11-5-3-6-12-22/h3,5-6,8-9,11-13,15-17,19H,4,7,10,14,18,20-21H2,1-2H3,(H,32,34)(H,31,35,36). The molecule has 206 valence electrons. The van der Waals surface area contributed by atoms with Crippen LogP contribution >= 0.6 is 0 Å². The molecule has 3 aromatic rings. The predicted molar refractivity (Wildman–Crippen MR) is 145 cm³/mol. The van der Waals surface area contributed by atoms with Crippen LogP contribution in [0.15, 0.2) is 72.9 Å². The van der Waals surface area contributed by atoms with E-state index in [1.807, 2.05) is 18.2 Å². The van der Waals surface area contributed by atoms with Crippen LogP contribution in [0, 0.1) is 0 Å². The summed E-state index contributed by atoms with van der Waals surface area (Å²) in [5, 5.41) is 2.45. The number of methoxy groups -OCH3 is 2. The van der Waals surface area contributed by atoms with E-state index in [0.29, 0.717) is 48.6 Å². The zero-order valence-corrected chi connectivity index (χ0v) is 22.2. The van der Waals surface area contributed by atoms with Crippen molar-refractivity contribution in [2.75, 3.05) is 20.8 Å². The van der Waals surface area contributed by atoms with E-state index in [4.69, 9.17) is 14.3 Å². The fraction of sp³-hybridized carbons (Fsp3) is 0.310. The lowest BCUT2D eigenvalue weighted by Crippen LogP contribution is -2.43. The van der Waals surface area contributed by atoms with Crippen LogP contribution in [0.5, 0.6) is 11.5 Å². The summed E-state index contributed by atoms with van der Waals surface area (Å²) >= 11 is 0. The number of rotatable bonds is 14. The SMILES string of the molecule is COc1ccc(CONC(=O)CCCCCN(Cc2ccccn2)C(=O)NC(=O)c2ccccc2)c(OC)c1. The number of hydrogen-bond donors (Lipinski definition) is 2. The van der Waals surface area contributed by atoms with Gasteiger partial charge in [-0.2, -0.15) is 0 Å². The van der Waals surface area contributed by atoms with E-state index in [1.165, 1.54) is 0 Å². The largest absolute Gasteiger partial charge is 0.497 e. The number of hydroxylamine groups is 1. The third kappa shape index (κ3) is 9.75. The Balaban J connectivity index is 1.41. The first kappa shape index (κ1) is 29.1. The third-order valence-electron chi connectivity index (χ3n) is 5.86. The van der Waals surface area contributed by atoms with Gasteiger partial charge in [0, 0.05) is 36.4 Å². The summed E-state index contributed by atoms with van der Waals surface area (Å²) in [6.07, 6.45) is 3.91. The van der Waals surface area contributed by atoms with E-state index >= 15 is 0 Å². The second kappa shape index (κ2) is 15.7. The van der Waals surface area contributed by atoms with Gasteiger partial charge in [0.2, 0.25) is 5.91 Å². The van der Waals surface area contributed by atoms with Crippen LogP contribution in [0.4, 0.5) is 4.79 Å². The van der Waals surface area contributed by atoms with Gasteiger partial charge in [-0.3, -0.25) is 24.7 Å². The topological polar surface area (TPSA) is 119 Å². The summed E-state index contributed by atoms with van der Waals surface area (Å²) in [5.41, 5.74) is 4.34. The van der Waals surface area contributed by atoms with Crippen molar-refractivity contribution in [1.29, 1.82) is 0 Å². The first-order chi connectivity index (χ1) is 19.0. The maximum absolute atomic E-state index is 12.9. The number of hydrogen-bond acceptors (Lipinski definition) is 7.